The van der Waals surface area contributed by atoms with Crippen molar-refractivity contribution in [2.24, 2.45) is 0 Å². The molecule has 0 radical (unpaired) electrons. The lowest BCUT2D eigenvalue weighted by atomic mass is 10.2. The minimum absolute atomic E-state index is 0.0504. The van der Waals surface area contributed by atoms with Crippen molar-refractivity contribution >= 4 is 22.7 Å². The maximum absolute atomic E-state index is 9.59. The van der Waals surface area contributed by atoms with Crippen molar-refractivity contribution in [3.63, 3.8) is 0 Å². The SMILES string of the molecule is OCc1cc2ccccc2nc1Sc1nnnn1C1CC1. The fourth-order valence-corrected chi connectivity index (χ4v) is 3.16. The summed E-state index contributed by atoms with van der Waals surface area (Å²) in [7, 11) is 0. The maximum Gasteiger partial charge on any atom is 0.215 e. The zero-order chi connectivity index (χ0) is 14.2. The first kappa shape index (κ1) is 12.7. The molecule has 6 nitrogen and oxygen atoms in total. The number of aromatic nitrogens is 5. The van der Waals surface area contributed by atoms with Gasteiger partial charge in [-0.15, -0.1) is 5.10 Å². The zero-order valence-electron chi connectivity index (χ0n) is 11.2. The third-order valence-electron chi connectivity index (χ3n) is 3.48. The average Bonchev–Trinajstić information content (AvgIpc) is 3.26. The van der Waals surface area contributed by atoms with E-state index in [1.165, 1.54) is 11.8 Å². The van der Waals surface area contributed by atoms with Crippen molar-refractivity contribution in [2.75, 3.05) is 0 Å². The van der Waals surface area contributed by atoms with Crippen molar-refractivity contribution in [1.29, 1.82) is 0 Å². The maximum atomic E-state index is 9.59. The molecule has 1 aliphatic rings. The van der Waals surface area contributed by atoms with Crippen LogP contribution in [0.4, 0.5) is 0 Å². The predicted molar refractivity (Wildman–Crippen MR) is 77.9 cm³/mol. The quantitative estimate of drug-likeness (QED) is 0.796. The molecular formula is C14H13N5OS. The number of pyridine rings is 1. The van der Waals surface area contributed by atoms with Gasteiger partial charge in [0.05, 0.1) is 18.2 Å². The highest BCUT2D eigenvalue weighted by atomic mass is 32.2. The number of benzene rings is 1. The number of rotatable bonds is 4. The third kappa shape index (κ3) is 2.38. The van der Waals surface area contributed by atoms with Gasteiger partial charge in [0.1, 0.15) is 5.03 Å². The van der Waals surface area contributed by atoms with Crippen LogP contribution in [-0.2, 0) is 6.61 Å². The summed E-state index contributed by atoms with van der Waals surface area (Å²) in [5, 5.41) is 24.0. The monoisotopic (exact) mass is 299 g/mol. The van der Waals surface area contributed by atoms with Crippen LogP contribution in [0.3, 0.4) is 0 Å². The minimum Gasteiger partial charge on any atom is -0.392 e. The summed E-state index contributed by atoms with van der Waals surface area (Å²) >= 11 is 1.41. The first-order valence-corrected chi connectivity index (χ1v) is 7.62. The molecule has 0 saturated heterocycles. The van der Waals surface area contributed by atoms with Crippen LogP contribution in [0.1, 0.15) is 24.4 Å². The topological polar surface area (TPSA) is 76.7 Å². The molecule has 0 bridgehead atoms. The van der Waals surface area contributed by atoms with Gasteiger partial charge in [-0.3, -0.25) is 0 Å². The lowest BCUT2D eigenvalue weighted by Crippen LogP contribution is -2.00. The Bertz CT molecular complexity index is 799. The lowest BCUT2D eigenvalue weighted by molar-refractivity contribution is 0.278. The summed E-state index contributed by atoms with van der Waals surface area (Å²) in [4.78, 5) is 4.64. The number of hydrogen-bond acceptors (Lipinski definition) is 6. The Hall–Kier alpha value is -1.99. The molecule has 0 amide bonds. The number of para-hydroxylation sites is 1. The molecule has 2 aromatic heterocycles. The van der Waals surface area contributed by atoms with Crippen LogP contribution in [0.5, 0.6) is 0 Å². The molecule has 0 unspecified atom stereocenters. The van der Waals surface area contributed by atoms with E-state index in [0.717, 1.165) is 39.5 Å². The molecule has 0 atom stereocenters. The largest absolute Gasteiger partial charge is 0.392 e. The van der Waals surface area contributed by atoms with E-state index >= 15 is 0 Å². The van der Waals surface area contributed by atoms with Gasteiger partial charge in [-0.2, -0.15) is 0 Å². The molecule has 0 spiro atoms. The van der Waals surface area contributed by atoms with Crippen molar-refractivity contribution in [3.8, 4) is 0 Å². The Kier molecular flexibility index (Phi) is 3.08. The number of hydrogen-bond donors (Lipinski definition) is 1. The molecule has 4 rings (SSSR count). The van der Waals surface area contributed by atoms with Gasteiger partial charge in [-0.1, -0.05) is 18.2 Å². The van der Waals surface area contributed by atoms with Crippen molar-refractivity contribution in [2.45, 2.75) is 35.7 Å². The van der Waals surface area contributed by atoms with E-state index < -0.39 is 0 Å². The summed E-state index contributed by atoms with van der Waals surface area (Å²) < 4.78 is 1.85. The van der Waals surface area contributed by atoms with Gasteiger partial charge >= 0.3 is 0 Å². The Morgan fingerprint density at radius 2 is 2.14 bits per heavy atom. The van der Waals surface area contributed by atoms with Crippen LogP contribution in [0.25, 0.3) is 10.9 Å². The van der Waals surface area contributed by atoms with Crippen LogP contribution in [-0.4, -0.2) is 30.3 Å². The number of fused-ring (bicyclic) bond motifs is 1. The molecule has 106 valence electrons. The number of nitrogens with zero attached hydrogens (tertiary/aromatic N) is 5. The summed E-state index contributed by atoms with van der Waals surface area (Å²) in [6, 6.07) is 10.3. The van der Waals surface area contributed by atoms with Crippen LogP contribution in [0.15, 0.2) is 40.5 Å². The molecule has 7 heteroatoms. The second kappa shape index (κ2) is 5.09. The lowest BCUT2D eigenvalue weighted by Gasteiger charge is -2.08. The standard InChI is InChI=1S/C14H13N5OS/c20-8-10-7-9-3-1-2-4-12(9)15-13(10)21-14-16-17-18-19(14)11-5-6-11/h1-4,7,11,20H,5-6,8H2. The van der Waals surface area contributed by atoms with E-state index in [1.54, 1.807) is 0 Å². The summed E-state index contributed by atoms with van der Waals surface area (Å²) in [6.45, 7) is -0.0504. The highest BCUT2D eigenvalue weighted by Gasteiger charge is 2.28. The zero-order valence-corrected chi connectivity index (χ0v) is 12.0. The predicted octanol–water partition coefficient (Wildman–Crippen LogP) is 2.20. The highest BCUT2D eigenvalue weighted by molar-refractivity contribution is 7.99. The van der Waals surface area contributed by atoms with Gasteiger partial charge in [-0.05, 0) is 47.2 Å². The fraction of sp³-hybridized carbons (Fsp3) is 0.286. The smallest absolute Gasteiger partial charge is 0.215 e. The molecule has 1 fully saturated rings. The van der Waals surface area contributed by atoms with Gasteiger partial charge < -0.3 is 5.11 Å². The molecule has 1 saturated carbocycles. The number of aliphatic hydroxyl groups excluding tert-OH is 1. The second-order valence-corrected chi connectivity index (χ2v) is 6.00. The Balaban J connectivity index is 1.76. The van der Waals surface area contributed by atoms with E-state index in [9.17, 15) is 5.11 Å². The van der Waals surface area contributed by atoms with Gasteiger partial charge in [0.2, 0.25) is 5.16 Å². The third-order valence-corrected chi connectivity index (χ3v) is 4.47. The molecule has 1 aliphatic carbocycles. The van der Waals surface area contributed by atoms with E-state index in [2.05, 4.69) is 20.5 Å². The molecule has 0 aliphatic heterocycles. The molecule has 2 heterocycles. The van der Waals surface area contributed by atoms with Crippen molar-refractivity contribution in [1.82, 2.24) is 25.2 Å². The Morgan fingerprint density at radius 3 is 2.95 bits per heavy atom. The van der Waals surface area contributed by atoms with E-state index in [-0.39, 0.29) is 6.61 Å². The molecule has 3 aromatic rings. The molecule has 1 aromatic carbocycles. The van der Waals surface area contributed by atoms with Crippen molar-refractivity contribution < 1.29 is 5.11 Å². The van der Waals surface area contributed by atoms with Crippen LogP contribution in [0.2, 0.25) is 0 Å². The van der Waals surface area contributed by atoms with Crippen LogP contribution in [0, 0.1) is 0 Å². The molecular weight excluding hydrogens is 286 g/mol. The summed E-state index contributed by atoms with van der Waals surface area (Å²) in [5.41, 5.74) is 1.70. The van der Waals surface area contributed by atoms with Crippen LogP contribution >= 0.6 is 11.8 Å². The van der Waals surface area contributed by atoms with E-state index in [4.69, 9.17) is 0 Å². The fourth-order valence-electron chi connectivity index (χ4n) is 2.23. The summed E-state index contributed by atoms with van der Waals surface area (Å²) in [5.74, 6) is 0. The molecule has 21 heavy (non-hydrogen) atoms. The Labute approximate surface area is 125 Å². The van der Waals surface area contributed by atoms with Crippen molar-refractivity contribution in [3.05, 3.63) is 35.9 Å². The average molecular weight is 299 g/mol. The normalized spacial score (nSPS) is 14.7. The van der Waals surface area contributed by atoms with Crippen LogP contribution < -0.4 is 0 Å². The van der Waals surface area contributed by atoms with Gasteiger partial charge in [-0.25, -0.2) is 9.67 Å². The van der Waals surface area contributed by atoms with Gasteiger partial charge in [0, 0.05) is 10.9 Å². The minimum atomic E-state index is -0.0504. The number of aliphatic hydroxyl groups is 1. The Morgan fingerprint density at radius 1 is 1.29 bits per heavy atom. The van der Waals surface area contributed by atoms with Gasteiger partial charge in [0.25, 0.3) is 0 Å². The van der Waals surface area contributed by atoms with E-state index in [1.807, 2.05) is 35.0 Å². The first-order chi connectivity index (χ1) is 10.3. The van der Waals surface area contributed by atoms with Gasteiger partial charge in [0.15, 0.2) is 0 Å². The highest BCUT2D eigenvalue weighted by Crippen LogP contribution is 2.38. The summed E-state index contributed by atoms with van der Waals surface area (Å²) in [6.07, 6.45) is 2.24. The first-order valence-electron chi connectivity index (χ1n) is 6.80. The second-order valence-electron chi connectivity index (χ2n) is 5.04. The number of tetrazole rings is 1. The molecule has 1 N–H and O–H groups in total. The van der Waals surface area contributed by atoms with E-state index in [0.29, 0.717) is 6.04 Å².